The predicted molar refractivity (Wildman–Crippen MR) is 68.6 cm³/mol. The molecule has 2 aliphatic heterocycles. The number of nitrogens with one attached hydrogen (secondary N) is 2. The Morgan fingerprint density at radius 2 is 1.89 bits per heavy atom. The van der Waals surface area contributed by atoms with Crippen LogP contribution < -0.4 is 10.6 Å². The molecule has 18 heavy (non-hydrogen) atoms. The van der Waals surface area contributed by atoms with Crippen LogP contribution in [0.5, 0.6) is 0 Å². The molecule has 7 heteroatoms. The molecule has 1 amide bonds. The summed E-state index contributed by atoms with van der Waals surface area (Å²) in [5.41, 5.74) is 0. The second kappa shape index (κ2) is 5.54. The van der Waals surface area contributed by atoms with Gasteiger partial charge >= 0.3 is 0 Å². The van der Waals surface area contributed by atoms with Gasteiger partial charge in [-0.25, -0.2) is 12.7 Å². The maximum Gasteiger partial charge on any atom is 0.220 e. The Bertz CT molecular complexity index is 392. The molecule has 6 nitrogen and oxygen atoms in total. The van der Waals surface area contributed by atoms with Crippen molar-refractivity contribution >= 4 is 15.9 Å². The number of carbonyl (C=O) groups excluding carboxylic acids is 1. The molecule has 104 valence electrons. The number of rotatable bonds is 3. The summed E-state index contributed by atoms with van der Waals surface area (Å²) in [5.74, 6) is 0.125. The fourth-order valence-corrected chi connectivity index (χ4v) is 3.44. The van der Waals surface area contributed by atoms with Crippen LogP contribution in [-0.2, 0) is 14.8 Å². The van der Waals surface area contributed by atoms with Crippen LogP contribution in [0.2, 0.25) is 0 Å². The van der Waals surface area contributed by atoms with Crippen molar-refractivity contribution < 1.29 is 13.2 Å². The molecule has 0 radical (unpaired) electrons. The zero-order valence-corrected chi connectivity index (χ0v) is 11.5. The fraction of sp³-hybridized carbons (Fsp3) is 0.909. The first-order chi connectivity index (χ1) is 8.45. The summed E-state index contributed by atoms with van der Waals surface area (Å²) in [5, 5.41) is 6.36. The van der Waals surface area contributed by atoms with E-state index in [-0.39, 0.29) is 5.91 Å². The van der Waals surface area contributed by atoms with E-state index in [1.807, 2.05) is 0 Å². The largest absolute Gasteiger partial charge is 0.355 e. The average Bonchev–Trinajstić information content (AvgIpc) is 2.32. The van der Waals surface area contributed by atoms with E-state index in [0.29, 0.717) is 38.1 Å². The van der Waals surface area contributed by atoms with Gasteiger partial charge in [0.15, 0.2) is 0 Å². The van der Waals surface area contributed by atoms with Crippen molar-refractivity contribution in [2.45, 2.75) is 37.8 Å². The van der Waals surface area contributed by atoms with Gasteiger partial charge in [0.05, 0.1) is 6.26 Å². The molecule has 0 spiro atoms. The van der Waals surface area contributed by atoms with Gasteiger partial charge in [-0.1, -0.05) is 0 Å². The Kier molecular flexibility index (Phi) is 4.24. The lowest BCUT2D eigenvalue weighted by Gasteiger charge is -2.34. The van der Waals surface area contributed by atoms with Crippen molar-refractivity contribution in [2.75, 3.05) is 25.9 Å². The van der Waals surface area contributed by atoms with Crippen molar-refractivity contribution in [2.24, 2.45) is 0 Å². The number of hydrogen-bond donors (Lipinski definition) is 2. The highest BCUT2D eigenvalue weighted by atomic mass is 32.2. The van der Waals surface area contributed by atoms with E-state index >= 15 is 0 Å². The molecule has 2 fully saturated rings. The quantitative estimate of drug-likeness (QED) is 0.712. The number of piperidine rings is 2. The first kappa shape index (κ1) is 13.8. The topological polar surface area (TPSA) is 78.5 Å². The molecule has 2 saturated heterocycles. The van der Waals surface area contributed by atoms with E-state index in [9.17, 15) is 13.2 Å². The maximum atomic E-state index is 11.4. The SMILES string of the molecule is CS(=O)(=O)N1CCC(NC2CCC(=O)NC2)CC1. The van der Waals surface area contributed by atoms with Crippen LogP contribution in [0, 0.1) is 0 Å². The van der Waals surface area contributed by atoms with E-state index in [0.717, 1.165) is 19.3 Å². The second-order valence-electron chi connectivity index (χ2n) is 5.14. The van der Waals surface area contributed by atoms with Gasteiger partial charge in [0.1, 0.15) is 0 Å². The first-order valence-electron chi connectivity index (χ1n) is 6.43. The lowest BCUT2D eigenvalue weighted by atomic mass is 10.0. The lowest BCUT2D eigenvalue weighted by Crippen LogP contribution is -2.52. The Hall–Kier alpha value is -0.660. The molecule has 1 unspecified atom stereocenters. The molecule has 0 saturated carbocycles. The molecule has 0 aromatic carbocycles. The summed E-state index contributed by atoms with van der Waals surface area (Å²) in [4.78, 5) is 11.0. The summed E-state index contributed by atoms with van der Waals surface area (Å²) >= 11 is 0. The van der Waals surface area contributed by atoms with E-state index in [2.05, 4.69) is 10.6 Å². The van der Waals surface area contributed by atoms with Gasteiger partial charge in [-0.15, -0.1) is 0 Å². The van der Waals surface area contributed by atoms with Crippen LogP contribution in [-0.4, -0.2) is 56.6 Å². The third kappa shape index (κ3) is 3.66. The minimum Gasteiger partial charge on any atom is -0.355 e. The molecule has 0 aromatic rings. The number of amides is 1. The minimum atomic E-state index is -3.04. The van der Waals surface area contributed by atoms with Gasteiger partial charge in [-0.2, -0.15) is 0 Å². The van der Waals surface area contributed by atoms with Crippen LogP contribution in [0.25, 0.3) is 0 Å². The van der Waals surface area contributed by atoms with Crippen molar-refractivity contribution in [1.29, 1.82) is 0 Å². The third-order valence-corrected chi connectivity index (χ3v) is 4.96. The minimum absolute atomic E-state index is 0.125. The Morgan fingerprint density at radius 3 is 2.39 bits per heavy atom. The summed E-state index contributed by atoms with van der Waals surface area (Å²) < 4.78 is 24.3. The van der Waals surface area contributed by atoms with Gasteiger partial charge in [0.2, 0.25) is 15.9 Å². The maximum absolute atomic E-state index is 11.4. The number of nitrogens with zero attached hydrogens (tertiary/aromatic N) is 1. The molecule has 0 bridgehead atoms. The van der Waals surface area contributed by atoms with Crippen LogP contribution in [0.15, 0.2) is 0 Å². The summed E-state index contributed by atoms with van der Waals surface area (Å²) in [6.45, 7) is 1.87. The van der Waals surface area contributed by atoms with Crippen molar-refractivity contribution in [3.05, 3.63) is 0 Å². The average molecular weight is 275 g/mol. The van der Waals surface area contributed by atoms with Crippen LogP contribution >= 0.6 is 0 Å². The Morgan fingerprint density at radius 1 is 1.22 bits per heavy atom. The summed E-state index contributed by atoms with van der Waals surface area (Å²) in [6, 6.07) is 0.695. The number of carbonyl (C=O) groups is 1. The van der Waals surface area contributed by atoms with Crippen LogP contribution in [0.3, 0.4) is 0 Å². The van der Waals surface area contributed by atoms with Gasteiger partial charge in [0, 0.05) is 38.1 Å². The highest BCUT2D eigenvalue weighted by molar-refractivity contribution is 7.88. The third-order valence-electron chi connectivity index (χ3n) is 3.66. The van der Waals surface area contributed by atoms with E-state index < -0.39 is 10.0 Å². The highest BCUT2D eigenvalue weighted by Gasteiger charge is 2.27. The zero-order chi connectivity index (χ0) is 13.2. The predicted octanol–water partition coefficient (Wildman–Crippen LogP) is -0.721. The van der Waals surface area contributed by atoms with Gasteiger partial charge in [0.25, 0.3) is 0 Å². The van der Waals surface area contributed by atoms with Gasteiger partial charge < -0.3 is 10.6 Å². The normalized spacial score (nSPS) is 28.1. The van der Waals surface area contributed by atoms with Gasteiger partial charge in [-0.05, 0) is 19.3 Å². The zero-order valence-electron chi connectivity index (χ0n) is 10.7. The molecule has 2 rings (SSSR count). The molecular weight excluding hydrogens is 254 g/mol. The molecule has 2 aliphatic rings. The van der Waals surface area contributed by atoms with Crippen molar-refractivity contribution in [3.8, 4) is 0 Å². The van der Waals surface area contributed by atoms with Crippen molar-refractivity contribution in [3.63, 3.8) is 0 Å². The van der Waals surface area contributed by atoms with Gasteiger partial charge in [-0.3, -0.25) is 4.79 Å². The molecule has 0 aliphatic carbocycles. The molecule has 2 N–H and O–H groups in total. The molecular formula is C11H21N3O3S. The first-order valence-corrected chi connectivity index (χ1v) is 8.28. The Labute approximate surface area is 108 Å². The summed E-state index contributed by atoms with van der Waals surface area (Å²) in [7, 11) is -3.04. The number of hydrogen-bond acceptors (Lipinski definition) is 4. The van der Waals surface area contributed by atoms with E-state index in [1.165, 1.54) is 10.6 Å². The monoisotopic (exact) mass is 275 g/mol. The Balaban J connectivity index is 1.75. The smallest absolute Gasteiger partial charge is 0.220 e. The molecule has 1 atom stereocenters. The highest BCUT2D eigenvalue weighted by Crippen LogP contribution is 2.15. The van der Waals surface area contributed by atoms with Crippen LogP contribution in [0.4, 0.5) is 0 Å². The fourth-order valence-electron chi connectivity index (χ4n) is 2.56. The van der Waals surface area contributed by atoms with E-state index in [1.54, 1.807) is 0 Å². The summed E-state index contributed by atoms with van der Waals surface area (Å²) in [6.07, 6.45) is 4.41. The number of sulfonamides is 1. The second-order valence-corrected chi connectivity index (χ2v) is 7.13. The van der Waals surface area contributed by atoms with E-state index in [4.69, 9.17) is 0 Å². The molecule has 0 aromatic heterocycles. The standard InChI is InChI=1S/C11H21N3O3S/c1-18(16,17)14-6-4-9(5-7-14)13-10-2-3-11(15)12-8-10/h9-10,13H,2-8H2,1H3,(H,12,15). The molecule has 2 heterocycles. The lowest BCUT2D eigenvalue weighted by molar-refractivity contribution is -0.122. The van der Waals surface area contributed by atoms with Crippen LogP contribution in [0.1, 0.15) is 25.7 Å². The van der Waals surface area contributed by atoms with Crippen molar-refractivity contribution in [1.82, 2.24) is 14.9 Å².